The first-order valence-corrected chi connectivity index (χ1v) is 5.52. The van der Waals surface area contributed by atoms with Gasteiger partial charge >= 0.3 is 5.69 Å². The second-order valence-corrected chi connectivity index (χ2v) is 4.16. The molecule has 1 aromatic rings. The molecule has 1 fully saturated rings. The molecule has 1 aliphatic rings. The number of aromatic amines is 1. The van der Waals surface area contributed by atoms with Gasteiger partial charge in [0.25, 0.3) is 5.56 Å². The van der Waals surface area contributed by atoms with Crippen molar-refractivity contribution in [2.75, 3.05) is 6.61 Å². The van der Waals surface area contributed by atoms with Gasteiger partial charge in [-0.1, -0.05) is 0 Å². The number of aliphatic hydroxyl groups is 3. The van der Waals surface area contributed by atoms with Crippen LogP contribution in [0.15, 0.2) is 15.7 Å². The normalized spacial score (nSPS) is 30.7. The van der Waals surface area contributed by atoms with Gasteiger partial charge in [0.15, 0.2) is 6.23 Å². The van der Waals surface area contributed by atoms with Crippen LogP contribution < -0.4 is 11.2 Å². The van der Waals surface area contributed by atoms with E-state index in [9.17, 15) is 24.2 Å². The fourth-order valence-corrected chi connectivity index (χ4v) is 2.03. The molecule has 0 aliphatic carbocycles. The summed E-state index contributed by atoms with van der Waals surface area (Å²) < 4.78 is 18.7. The van der Waals surface area contributed by atoms with Gasteiger partial charge in [0.1, 0.15) is 25.0 Å². The Morgan fingerprint density at radius 1 is 1.37 bits per heavy atom. The second-order valence-electron chi connectivity index (χ2n) is 4.16. The Labute approximate surface area is 105 Å². The van der Waals surface area contributed by atoms with Gasteiger partial charge in [0.2, 0.25) is 0 Å². The first-order chi connectivity index (χ1) is 8.99. The molecule has 8 nitrogen and oxygen atoms in total. The first kappa shape index (κ1) is 13.9. The zero-order chi connectivity index (χ0) is 14.2. The molecule has 1 aliphatic heterocycles. The average Bonchev–Trinajstić information content (AvgIpc) is 2.65. The first-order valence-electron chi connectivity index (χ1n) is 5.52. The molecule has 2 rings (SSSR count). The summed E-state index contributed by atoms with van der Waals surface area (Å²) in [5.74, 6) is 0. The van der Waals surface area contributed by atoms with Crippen LogP contribution in [0.1, 0.15) is 11.9 Å². The lowest BCUT2D eigenvalue weighted by Gasteiger charge is -2.19. The third-order valence-electron chi connectivity index (χ3n) is 2.96. The Morgan fingerprint density at radius 2 is 2.05 bits per heavy atom. The number of ether oxygens (including phenoxy) is 1. The van der Waals surface area contributed by atoms with Crippen molar-refractivity contribution in [1.29, 1.82) is 0 Å². The number of alkyl halides is 1. The van der Waals surface area contributed by atoms with Crippen molar-refractivity contribution in [3.05, 3.63) is 32.6 Å². The predicted molar refractivity (Wildman–Crippen MR) is 59.1 cm³/mol. The monoisotopic (exact) mass is 276 g/mol. The van der Waals surface area contributed by atoms with E-state index in [1.165, 1.54) is 0 Å². The van der Waals surface area contributed by atoms with Crippen molar-refractivity contribution >= 4 is 0 Å². The van der Waals surface area contributed by atoms with Crippen LogP contribution in [-0.4, -0.2) is 49.8 Å². The highest BCUT2D eigenvalue weighted by Gasteiger charge is 2.44. The van der Waals surface area contributed by atoms with E-state index >= 15 is 0 Å². The number of rotatable bonds is 3. The van der Waals surface area contributed by atoms with E-state index in [-0.39, 0.29) is 5.69 Å². The fourth-order valence-electron chi connectivity index (χ4n) is 2.03. The highest BCUT2D eigenvalue weighted by Crippen LogP contribution is 2.28. The molecule has 4 atom stereocenters. The van der Waals surface area contributed by atoms with Crippen molar-refractivity contribution in [2.45, 2.75) is 31.2 Å². The topological polar surface area (TPSA) is 125 Å². The summed E-state index contributed by atoms with van der Waals surface area (Å²) in [4.78, 5) is 24.6. The highest BCUT2D eigenvalue weighted by atomic mass is 19.1. The van der Waals surface area contributed by atoms with Crippen LogP contribution >= 0.6 is 0 Å². The number of nitrogens with zero attached hydrogens (tertiary/aromatic N) is 1. The lowest BCUT2D eigenvalue weighted by molar-refractivity contribution is -0.0568. The van der Waals surface area contributed by atoms with Gasteiger partial charge in [-0.3, -0.25) is 14.3 Å². The number of hydrogen-bond donors (Lipinski definition) is 4. The molecule has 0 saturated carbocycles. The maximum atomic E-state index is 12.8. The van der Waals surface area contributed by atoms with E-state index < -0.39 is 49.1 Å². The SMILES string of the molecule is O=c1cc(CF)n(C2OC(CO)C(O)C2O)c(=O)[nH]1. The second kappa shape index (κ2) is 5.21. The van der Waals surface area contributed by atoms with E-state index in [0.717, 1.165) is 6.07 Å². The summed E-state index contributed by atoms with van der Waals surface area (Å²) in [5.41, 5.74) is -2.03. The largest absolute Gasteiger partial charge is 0.394 e. The molecular weight excluding hydrogens is 263 g/mol. The molecule has 2 heterocycles. The van der Waals surface area contributed by atoms with Gasteiger partial charge in [0, 0.05) is 6.07 Å². The molecule has 0 radical (unpaired) electrons. The molecule has 106 valence electrons. The minimum atomic E-state index is -1.52. The summed E-state index contributed by atoms with van der Waals surface area (Å²) in [7, 11) is 0. The van der Waals surface area contributed by atoms with Crippen molar-refractivity contribution < 1.29 is 24.4 Å². The average molecular weight is 276 g/mol. The zero-order valence-corrected chi connectivity index (χ0v) is 9.69. The molecule has 0 bridgehead atoms. The molecule has 4 N–H and O–H groups in total. The van der Waals surface area contributed by atoms with E-state index in [2.05, 4.69) is 0 Å². The van der Waals surface area contributed by atoms with E-state index in [1.807, 2.05) is 4.98 Å². The molecule has 1 saturated heterocycles. The van der Waals surface area contributed by atoms with Gasteiger partial charge < -0.3 is 20.1 Å². The molecule has 0 aromatic carbocycles. The van der Waals surface area contributed by atoms with Gasteiger partial charge in [-0.2, -0.15) is 0 Å². The Balaban J connectivity index is 2.48. The van der Waals surface area contributed by atoms with Crippen LogP contribution in [0, 0.1) is 0 Å². The zero-order valence-electron chi connectivity index (χ0n) is 9.69. The number of H-pyrrole nitrogens is 1. The molecule has 0 amide bonds. The molecular formula is C10H13FN2O6. The van der Waals surface area contributed by atoms with Crippen molar-refractivity contribution in [1.82, 2.24) is 9.55 Å². The number of nitrogens with one attached hydrogen (secondary N) is 1. The third kappa shape index (κ3) is 2.32. The summed E-state index contributed by atoms with van der Waals surface area (Å²) in [6.45, 7) is -1.69. The molecule has 9 heteroatoms. The molecule has 19 heavy (non-hydrogen) atoms. The van der Waals surface area contributed by atoms with Gasteiger partial charge in [-0.05, 0) is 0 Å². The predicted octanol–water partition coefficient (Wildman–Crippen LogP) is -2.38. The van der Waals surface area contributed by atoms with Crippen LogP contribution in [0.25, 0.3) is 0 Å². The minimum Gasteiger partial charge on any atom is -0.394 e. The summed E-state index contributed by atoms with van der Waals surface area (Å²) in [6, 6.07) is 0.857. The summed E-state index contributed by atoms with van der Waals surface area (Å²) >= 11 is 0. The van der Waals surface area contributed by atoms with E-state index in [4.69, 9.17) is 9.84 Å². The van der Waals surface area contributed by atoms with Crippen molar-refractivity contribution in [3.8, 4) is 0 Å². The maximum Gasteiger partial charge on any atom is 0.330 e. The standard InChI is InChI=1S/C10H13FN2O6/c11-2-4-1-6(15)12-10(18)13(4)9-8(17)7(16)5(3-14)19-9/h1,5,7-9,14,16-17H,2-3H2,(H,12,15,18). The molecule has 0 spiro atoms. The highest BCUT2D eigenvalue weighted by molar-refractivity contribution is 5.03. The smallest absolute Gasteiger partial charge is 0.330 e. The van der Waals surface area contributed by atoms with Crippen LogP contribution in [0.4, 0.5) is 4.39 Å². The lowest BCUT2D eigenvalue weighted by Crippen LogP contribution is -2.39. The van der Waals surface area contributed by atoms with Crippen molar-refractivity contribution in [2.24, 2.45) is 0 Å². The number of hydrogen-bond acceptors (Lipinski definition) is 6. The fraction of sp³-hybridized carbons (Fsp3) is 0.600. The summed E-state index contributed by atoms with van der Waals surface area (Å²) in [5, 5.41) is 28.3. The number of aromatic nitrogens is 2. The van der Waals surface area contributed by atoms with Gasteiger partial charge in [-0.25, -0.2) is 9.18 Å². The molecule has 4 unspecified atom stereocenters. The van der Waals surface area contributed by atoms with Crippen LogP contribution in [0.3, 0.4) is 0 Å². The van der Waals surface area contributed by atoms with Gasteiger partial charge in [0.05, 0.1) is 12.3 Å². The maximum absolute atomic E-state index is 12.8. The molecule has 1 aromatic heterocycles. The van der Waals surface area contributed by atoms with E-state index in [1.54, 1.807) is 0 Å². The van der Waals surface area contributed by atoms with E-state index in [0.29, 0.717) is 4.57 Å². The Morgan fingerprint density at radius 3 is 2.58 bits per heavy atom. The Bertz CT molecular complexity index is 570. The number of halogens is 1. The number of aliphatic hydroxyl groups excluding tert-OH is 3. The summed E-state index contributed by atoms with van der Waals surface area (Å²) in [6.07, 6.45) is -5.40. The van der Waals surface area contributed by atoms with Crippen molar-refractivity contribution in [3.63, 3.8) is 0 Å². The Kier molecular flexibility index (Phi) is 3.80. The lowest BCUT2D eigenvalue weighted by atomic mass is 10.1. The van der Waals surface area contributed by atoms with Crippen LogP contribution in [0.2, 0.25) is 0 Å². The Hall–Kier alpha value is -1.55. The van der Waals surface area contributed by atoms with Crippen LogP contribution in [0.5, 0.6) is 0 Å². The third-order valence-corrected chi connectivity index (χ3v) is 2.96. The minimum absolute atomic E-state index is 0.288. The van der Waals surface area contributed by atoms with Crippen LogP contribution in [-0.2, 0) is 11.4 Å². The quantitative estimate of drug-likeness (QED) is 0.488. The van der Waals surface area contributed by atoms with Gasteiger partial charge in [-0.15, -0.1) is 0 Å².